The summed E-state index contributed by atoms with van der Waals surface area (Å²) in [5, 5.41) is 17.7. The summed E-state index contributed by atoms with van der Waals surface area (Å²) in [5.41, 5.74) is 0.444. The lowest BCUT2D eigenvalue weighted by atomic mass is 9.81. The van der Waals surface area contributed by atoms with E-state index in [0.717, 1.165) is 32.1 Å². The monoisotopic (exact) mass is 212 g/mol. The summed E-state index contributed by atoms with van der Waals surface area (Å²) in [4.78, 5) is 10.6. The highest BCUT2D eigenvalue weighted by atomic mass is 16.4. The van der Waals surface area contributed by atoms with E-state index in [4.69, 9.17) is 10.2 Å². The molecule has 0 aromatic rings. The molecule has 1 aliphatic carbocycles. The summed E-state index contributed by atoms with van der Waals surface area (Å²) in [6.45, 7) is 1.94. The van der Waals surface area contributed by atoms with Crippen molar-refractivity contribution in [3.05, 3.63) is 11.6 Å². The minimum atomic E-state index is -0.820. The second-order valence-electron chi connectivity index (χ2n) is 4.50. The molecular weight excluding hydrogens is 192 g/mol. The number of aliphatic hydroxyl groups is 1. The molecule has 3 nitrogen and oxygen atoms in total. The van der Waals surface area contributed by atoms with Gasteiger partial charge in [0.05, 0.1) is 0 Å². The van der Waals surface area contributed by atoms with E-state index in [9.17, 15) is 4.79 Å². The molecule has 1 saturated carbocycles. The Balaban J connectivity index is 2.30. The minimum Gasteiger partial charge on any atom is -0.478 e. The molecule has 0 bridgehead atoms. The van der Waals surface area contributed by atoms with Crippen molar-refractivity contribution in [2.45, 2.75) is 39.0 Å². The summed E-state index contributed by atoms with van der Waals surface area (Å²) in [6.07, 6.45) is 7.11. The number of allylic oxidation sites excluding steroid dienone is 1. The molecule has 0 atom stereocenters. The van der Waals surface area contributed by atoms with Gasteiger partial charge in [-0.2, -0.15) is 0 Å². The number of aliphatic carboxylic acids is 1. The van der Waals surface area contributed by atoms with Crippen LogP contribution in [0.3, 0.4) is 0 Å². The van der Waals surface area contributed by atoms with E-state index >= 15 is 0 Å². The van der Waals surface area contributed by atoms with Crippen LogP contribution in [0.5, 0.6) is 0 Å². The zero-order valence-corrected chi connectivity index (χ0v) is 9.28. The van der Waals surface area contributed by atoms with Crippen LogP contribution in [0.15, 0.2) is 11.6 Å². The zero-order chi connectivity index (χ0) is 11.3. The summed E-state index contributed by atoms with van der Waals surface area (Å²) >= 11 is 0. The number of rotatable bonds is 4. The first-order valence-electron chi connectivity index (χ1n) is 5.64. The lowest BCUT2D eigenvalue weighted by Gasteiger charge is -2.26. The first-order chi connectivity index (χ1) is 7.13. The van der Waals surface area contributed by atoms with Crippen molar-refractivity contribution >= 4 is 5.97 Å². The maximum atomic E-state index is 10.6. The van der Waals surface area contributed by atoms with Gasteiger partial charge in [0.1, 0.15) is 0 Å². The number of carboxylic acids is 1. The second kappa shape index (κ2) is 5.91. The highest BCUT2D eigenvalue weighted by Gasteiger charge is 2.19. The van der Waals surface area contributed by atoms with Crippen LogP contribution in [0.1, 0.15) is 39.0 Å². The smallest absolute Gasteiger partial charge is 0.330 e. The molecule has 0 aliphatic heterocycles. The van der Waals surface area contributed by atoms with Gasteiger partial charge in [0, 0.05) is 12.2 Å². The standard InChI is InChI=1S/C12H20O3/c1-9(12(14)15)2-3-10-4-6-11(8-13)7-5-10/h2,10-11,13H,3-8H2,1H3,(H,14,15). The number of hydrogen-bond acceptors (Lipinski definition) is 2. The fourth-order valence-electron chi connectivity index (χ4n) is 2.08. The van der Waals surface area contributed by atoms with Gasteiger partial charge >= 0.3 is 5.97 Å². The lowest BCUT2D eigenvalue weighted by Crippen LogP contribution is -2.16. The first kappa shape index (κ1) is 12.2. The number of carbonyl (C=O) groups is 1. The molecule has 1 aliphatic rings. The lowest BCUT2D eigenvalue weighted by molar-refractivity contribution is -0.132. The third-order valence-electron chi connectivity index (χ3n) is 3.32. The zero-order valence-electron chi connectivity index (χ0n) is 9.28. The molecule has 0 spiro atoms. The van der Waals surface area contributed by atoms with Crippen molar-refractivity contribution < 1.29 is 15.0 Å². The Kier molecular flexibility index (Phi) is 4.82. The van der Waals surface area contributed by atoms with Gasteiger partial charge in [-0.1, -0.05) is 6.08 Å². The van der Waals surface area contributed by atoms with Gasteiger partial charge in [0.15, 0.2) is 0 Å². The average molecular weight is 212 g/mol. The van der Waals surface area contributed by atoms with Crippen LogP contribution in [0, 0.1) is 11.8 Å². The fraction of sp³-hybridized carbons (Fsp3) is 0.750. The molecule has 1 fully saturated rings. The molecule has 15 heavy (non-hydrogen) atoms. The third kappa shape index (κ3) is 4.04. The van der Waals surface area contributed by atoms with Crippen LogP contribution < -0.4 is 0 Å². The van der Waals surface area contributed by atoms with E-state index in [1.165, 1.54) is 0 Å². The molecule has 0 unspecified atom stereocenters. The van der Waals surface area contributed by atoms with E-state index in [1.807, 2.05) is 6.08 Å². The molecule has 3 heteroatoms. The van der Waals surface area contributed by atoms with Crippen LogP contribution in [0.2, 0.25) is 0 Å². The van der Waals surface area contributed by atoms with Gasteiger partial charge in [0.2, 0.25) is 0 Å². The molecule has 0 amide bonds. The van der Waals surface area contributed by atoms with E-state index in [0.29, 0.717) is 24.0 Å². The van der Waals surface area contributed by atoms with Crippen LogP contribution in [0.25, 0.3) is 0 Å². The number of aliphatic hydroxyl groups excluding tert-OH is 1. The SMILES string of the molecule is CC(=CCC1CCC(CO)CC1)C(=O)O. The molecule has 0 heterocycles. The van der Waals surface area contributed by atoms with Gasteiger partial charge in [-0.15, -0.1) is 0 Å². The van der Waals surface area contributed by atoms with Crippen LogP contribution in [-0.4, -0.2) is 22.8 Å². The highest BCUT2D eigenvalue weighted by Crippen LogP contribution is 2.30. The van der Waals surface area contributed by atoms with Gasteiger partial charge in [0.25, 0.3) is 0 Å². The van der Waals surface area contributed by atoms with Crippen LogP contribution >= 0.6 is 0 Å². The quantitative estimate of drug-likeness (QED) is 0.702. The van der Waals surface area contributed by atoms with E-state index < -0.39 is 5.97 Å². The van der Waals surface area contributed by atoms with Gasteiger partial charge in [-0.3, -0.25) is 0 Å². The van der Waals surface area contributed by atoms with Crippen molar-refractivity contribution in [2.24, 2.45) is 11.8 Å². The Hall–Kier alpha value is -0.830. The topological polar surface area (TPSA) is 57.5 Å². The summed E-state index contributed by atoms with van der Waals surface area (Å²) in [6, 6.07) is 0. The average Bonchev–Trinajstić information content (AvgIpc) is 2.26. The van der Waals surface area contributed by atoms with E-state index in [1.54, 1.807) is 6.92 Å². The predicted molar refractivity (Wildman–Crippen MR) is 58.5 cm³/mol. The molecule has 2 N–H and O–H groups in total. The minimum absolute atomic E-state index is 0.302. The molecule has 0 aromatic carbocycles. The molecule has 86 valence electrons. The predicted octanol–water partition coefficient (Wildman–Crippen LogP) is 2.21. The fourth-order valence-corrected chi connectivity index (χ4v) is 2.08. The maximum Gasteiger partial charge on any atom is 0.330 e. The van der Waals surface area contributed by atoms with E-state index in [2.05, 4.69) is 0 Å². The second-order valence-corrected chi connectivity index (χ2v) is 4.50. The normalized spacial score (nSPS) is 27.7. The summed E-state index contributed by atoms with van der Waals surface area (Å²) in [7, 11) is 0. The van der Waals surface area contributed by atoms with Crippen LogP contribution in [0.4, 0.5) is 0 Å². The highest BCUT2D eigenvalue weighted by molar-refractivity contribution is 5.85. The Morgan fingerprint density at radius 2 is 1.80 bits per heavy atom. The van der Waals surface area contributed by atoms with Crippen molar-refractivity contribution in [2.75, 3.05) is 6.61 Å². The van der Waals surface area contributed by atoms with Crippen LogP contribution in [-0.2, 0) is 4.79 Å². The van der Waals surface area contributed by atoms with Crippen molar-refractivity contribution in [1.82, 2.24) is 0 Å². The largest absolute Gasteiger partial charge is 0.478 e. The molecule has 0 aromatic heterocycles. The van der Waals surface area contributed by atoms with Crippen molar-refractivity contribution in [3.63, 3.8) is 0 Å². The Morgan fingerprint density at radius 1 is 1.27 bits per heavy atom. The summed E-state index contributed by atoms with van der Waals surface area (Å²) in [5.74, 6) is 0.270. The first-order valence-corrected chi connectivity index (χ1v) is 5.64. The third-order valence-corrected chi connectivity index (χ3v) is 3.32. The molecule has 1 rings (SSSR count). The Bertz CT molecular complexity index is 237. The Morgan fingerprint density at radius 3 is 2.27 bits per heavy atom. The molecule has 0 radical (unpaired) electrons. The Labute approximate surface area is 90.8 Å². The van der Waals surface area contributed by atoms with Gasteiger partial charge in [-0.05, 0) is 50.9 Å². The summed E-state index contributed by atoms with van der Waals surface area (Å²) < 4.78 is 0. The van der Waals surface area contributed by atoms with E-state index in [-0.39, 0.29) is 0 Å². The van der Waals surface area contributed by atoms with Gasteiger partial charge in [-0.25, -0.2) is 4.79 Å². The van der Waals surface area contributed by atoms with Crippen molar-refractivity contribution in [1.29, 1.82) is 0 Å². The van der Waals surface area contributed by atoms with Gasteiger partial charge < -0.3 is 10.2 Å². The number of hydrogen-bond donors (Lipinski definition) is 2. The molecule has 0 saturated heterocycles. The molecular formula is C12H20O3. The maximum absolute atomic E-state index is 10.6. The van der Waals surface area contributed by atoms with Crippen molar-refractivity contribution in [3.8, 4) is 0 Å². The number of carboxylic acid groups (broad SMARTS) is 1.